The molecule has 0 saturated carbocycles. The molecule has 0 heterocycles. The number of phenolic OH excluding ortho intramolecular Hbond substituents is 3. The van der Waals surface area contributed by atoms with Gasteiger partial charge in [0.15, 0.2) is 23.1 Å². The number of ketones is 5. The minimum absolute atomic E-state index is 0.000921. The number of esters is 1. The van der Waals surface area contributed by atoms with Gasteiger partial charge >= 0.3 is 5.97 Å². The molecule has 30 heteroatoms. The Balaban J connectivity index is 0.000000619. The van der Waals surface area contributed by atoms with Crippen molar-refractivity contribution in [2.75, 3.05) is 82.6 Å². The van der Waals surface area contributed by atoms with Gasteiger partial charge in [0.1, 0.15) is 53.8 Å². The van der Waals surface area contributed by atoms with E-state index in [2.05, 4.69) is 105 Å². The molecule has 0 radical (unpaired) electrons. The Hall–Kier alpha value is -11.1. The maximum absolute atomic E-state index is 13.4. The second-order valence-electron chi connectivity index (χ2n) is 41.8. The van der Waals surface area contributed by atoms with Gasteiger partial charge < -0.3 is 87.0 Å². The van der Waals surface area contributed by atoms with Crippen molar-refractivity contribution < 1.29 is 87.2 Å². The first kappa shape index (κ1) is 122. The van der Waals surface area contributed by atoms with Crippen LogP contribution >= 0.6 is 0 Å². The predicted octanol–water partition coefficient (Wildman–Crippen LogP) is 12.0. The molecule has 5 rings (SSSR count). The normalized spacial score (nSPS) is 13.4. The number of nitrogens with zero attached hydrogens (tertiary/aromatic N) is 4. The first-order valence-electron chi connectivity index (χ1n) is 47.9. The lowest BCUT2D eigenvalue weighted by molar-refractivity contribution is -0.150. The summed E-state index contributed by atoms with van der Waals surface area (Å²) < 4.78 is 5.42. The molecule has 11 N–H and O–H groups in total. The van der Waals surface area contributed by atoms with Gasteiger partial charge in [-0.25, -0.2) is 0 Å². The lowest BCUT2D eigenvalue weighted by Crippen LogP contribution is -2.54. The van der Waals surface area contributed by atoms with Crippen molar-refractivity contribution in [3.8, 4) is 17.2 Å². The van der Waals surface area contributed by atoms with Crippen LogP contribution in [0.2, 0.25) is 0 Å². The number of hydrogen-bond donors (Lipinski definition) is 11. The molecule has 0 fully saturated rings. The molecular formula is C107H166N12O18. The fourth-order valence-electron chi connectivity index (χ4n) is 14.2. The smallest absolute Gasteiger partial charge is 0.309 e. The van der Waals surface area contributed by atoms with E-state index in [1.807, 2.05) is 109 Å². The molecule has 8 amide bonds. The van der Waals surface area contributed by atoms with E-state index < -0.39 is 72.0 Å². The largest absolute Gasteiger partial charge is 0.508 e. The summed E-state index contributed by atoms with van der Waals surface area (Å²) in [7, 11) is 13.0. The summed E-state index contributed by atoms with van der Waals surface area (Å²) in [5.74, 6) is -2.96. The second kappa shape index (κ2) is 61.3. The fourth-order valence-corrected chi connectivity index (χ4v) is 14.2. The minimum Gasteiger partial charge on any atom is -0.508 e. The first-order valence-corrected chi connectivity index (χ1v) is 47.9. The van der Waals surface area contributed by atoms with Gasteiger partial charge in [0.05, 0.1) is 56.3 Å². The monoisotopic (exact) mass is 1910 g/mol. The van der Waals surface area contributed by atoms with Crippen LogP contribution in [0.15, 0.2) is 133 Å². The molecule has 1 unspecified atom stereocenters. The number of aromatic hydroxyl groups is 3. The molecule has 9 atom stereocenters. The van der Waals surface area contributed by atoms with E-state index in [0.717, 1.165) is 47.1 Å². The summed E-state index contributed by atoms with van der Waals surface area (Å²) in [6, 6.07) is 33.2. The number of carbonyl (C=O) groups is 14. The number of Topliss-reactive ketones (excluding diaryl/α,β-unsaturated/α-hetero) is 5. The van der Waals surface area contributed by atoms with Crippen molar-refractivity contribution in [2.45, 2.75) is 289 Å². The van der Waals surface area contributed by atoms with Crippen LogP contribution in [0.4, 0.5) is 0 Å². The quantitative estimate of drug-likeness (QED) is 0.0161. The van der Waals surface area contributed by atoms with E-state index >= 15 is 0 Å². The van der Waals surface area contributed by atoms with Crippen molar-refractivity contribution in [1.82, 2.24) is 62.1 Å². The van der Waals surface area contributed by atoms with E-state index in [0.29, 0.717) is 70.6 Å². The summed E-state index contributed by atoms with van der Waals surface area (Å²) in [4.78, 5) is 184. The van der Waals surface area contributed by atoms with Gasteiger partial charge in [0, 0.05) is 66.7 Å². The Kier molecular flexibility index (Phi) is 54.6. The van der Waals surface area contributed by atoms with Crippen LogP contribution in [-0.2, 0) is 104 Å². The number of amides is 8. The molecule has 5 aromatic carbocycles. The van der Waals surface area contributed by atoms with Crippen molar-refractivity contribution in [1.29, 1.82) is 0 Å². The van der Waals surface area contributed by atoms with E-state index in [-0.39, 0.29) is 167 Å². The van der Waals surface area contributed by atoms with Crippen molar-refractivity contribution >= 4 is 82.1 Å². The van der Waals surface area contributed by atoms with Crippen LogP contribution in [0.5, 0.6) is 17.2 Å². The van der Waals surface area contributed by atoms with Crippen LogP contribution in [0.1, 0.15) is 236 Å². The van der Waals surface area contributed by atoms with Gasteiger partial charge in [-0.2, -0.15) is 0 Å². The number of likely N-dealkylation sites (N-methyl/N-ethyl adjacent to an activating group) is 8. The van der Waals surface area contributed by atoms with Crippen molar-refractivity contribution in [3.05, 3.63) is 161 Å². The van der Waals surface area contributed by atoms with Crippen LogP contribution < -0.4 is 42.5 Å². The Morgan fingerprint density at radius 1 is 0.314 bits per heavy atom. The zero-order valence-electron chi connectivity index (χ0n) is 86.9. The number of rotatable bonds is 52. The molecule has 0 aliphatic carbocycles. The van der Waals surface area contributed by atoms with E-state index in [1.165, 1.54) is 33.6 Å². The minimum atomic E-state index is -1.05. The van der Waals surface area contributed by atoms with Gasteiger partial charge in [-0.15, -0.1) is 0 Å². The fraction of sp³-hybridized carbons (Fsp3) is 0.589. The number of nitrogens with one attached hydrogen (secondary N) is 8. The number of carbonyl (C=O) groups excluding carboxylic acids is 14. The van der Waals surface area contributed by atoms with Gasteiger partial charge in [0.2, 0.25) is 47.3 Å². The van der Waals surface area contributed by atoms with Crippen molar-refractivity contribution in [3.63, 3.8) is 0 Å². The summed E-state index contributed by atoms with van der Waals surface area (Å²) in [5, 5.41) is 51.7. The Bertz CT molecular complexity index is 4430. The van der Waals surface area contributed by atoms with Crippen molar-refractivity contribution in [2.24, 2.45) is 39.4 Å². The summed E-state index contributed by atoms with van der Waals surface area (Å²) >= 11 is 0. The van der Waals surface area contributed by atoms with Gasteiger partial charge in [-0.05, 0) is 203 Å². The third kappa shape index (κ3) is 52.9. The molecule has 30 nitrogen and oxygen atoms in total. The van der Waals surface area contributed by atoms with E-state index in [1.54, 1.807) is 129 Å². The molecule has 0 aliphatic heterocycles. The highest BCUT2D eigenvalue weighted by Gasteiger charge is 2.36. The summed E-state index contributed by atoms with van der Waals surface area (Å²) in [6.07, 6.45) is 7.60. The predicted molar refractivity (Wildman–Crippen MR) is 539 cm³/mol. The number of ether oxygens (including phenoxy) is 1. The SMILES string of the molecule is CN[C@@H](CCC(C)=O)C(=O)N[C@H](CC(C)C(=O)OCc1ccccc1)C(=O)N(C)CC(=O)CCC(C)(C)C.CN[C@@H](Cc1ccc(O)cc1)C(=O)N[C@H](CC(C)C)C(=O)N(C)CC(=O)CCC(C)(C)C.CN[C@@H](Cc1ccc(O)cc1)C(=O)N[C@H](CC(C)C)C(=O)N(C)CC(=O)CCC(C)(C)C.CN[C@@H](Cc1ccc(O)cc1)C(=O)N[C@H](Cc1ccccc1)C(=O)N(C)CC(=O)CCC(C)(C)C. The molecule has 0 spiro atoms. The molecule has 0 bridgehead atoms. The summed E-state index contributed by atoms with van der Waals surface area (Å²) in [5.41, 5.74) is 4.58. The van der Waals surface area contributed by atoms with E-state index in [9.17, 15) is 82.4 Å². The second-order valence-corrected chi connectivity index (χ2v) is 41.8. The number of phenols is 3. The first-order chi connectivity index (χ1) is 63.8. The van der Waals surface area contributed by atoms with Gasteiger partial charge in [0.25, 0.3) is 0 Å². The Morgan fingerprint density at radius 2 is 0.555 bits per heavy atom. The molecule has 0 aromatic heterocycles. The average molecular weight is 1910 g/mol. The molecule has 137 heavy (non-hydrogen) atoms. The standard InChI is InChI=1S/C29H45N3O6.C28H39N3O4.2C25H41N3O4/c1-20(28(37)38-19-22-11-9-8-10-12-22)17-25(31-26(35)24(30-6)14-13-21(2)33)27(36)32(7)18-23(34)15-16-29(3,4)5;1-28(2,3)16-15-23(33)19-31(5)27(35)25(18-20-9-7-6-8-10-20)30-26(34)24(29-4)17-21-11-13-22(32)14-12-21;2*1-17(2)14-22(24(32)28(7)16-20(30)12-13-25(3,4)5)27-23(31)21(26-6)15-18-8-10-19(29)11-9-18/h8-12,20,24-25,30H,13-19H2,1-7H3,(H,31,35);6-14,24-25,29,32H,15-19H2,1-5H3,(H,30,34);2*8-11,17,21-22,26,29H,12-16H2,1-7H3,(H,27,31)/t20?,24-,25+;24-,25+;2*21-,22+/m0000/s1. The lowest BCUT2D eigenvalue weighted by atomic mass is 9.89. The number of benzene rings is 5. The highest BCUT2D eigenvalue weighted by atomic mass is 16.5. The Labute approximate surface area is 816 Å². The Morgan fingerprint density at radius 3 is 0.818 bits per heavy atom. The van der Waals surface area contributed by atoms with Crippen LogP contribution in [-0.4, -0.2) is 248 Å². The average Bonchev–Trinajstić information content (AvgIpc) is 0.854. The number of hydrogen-bond acceptors (Lipinski definition) is 22. The highest BCUT2D eigenvalue weighted by Crippen LogP contribution is 2.26. The lowest BCUT2D eigenvalue weighted by Gasteiger charge is -2.27. The van der Waals surface area contributed by atoms with E-state index in [4.69, 9.17) is 4.74 Å². The van der Waals surface area contributed by atoms with Gasteiger partial charge in [-0.3, -0.25) is 62.3 Å². The molecule has 762 valence electrons. The maximum atomic E-state index is 13.4. The topological polar surface area (TPSA) is 418 Å². The maximum Gasteiger partial charge on any atom is 0.309 e. The summed E-state index contributed by atoms with van der Waals surface area (Å²) in [6.45, 7) is 36.0. The molecular weight excluding hydrogens is 1740 g/mol. The zero-order valence-corrected chi connectivity index (χ0v) is 86.9. The van der Waals surface area contributed by atoms with Crippen LogP contribution in [0.25, 0.3) is 0 Å². The third-order valence-corrected chi connectivity index (χ3v) is 22.7. The molecule has 0 saturated heterocycles. The highest BCUT2D eigenvalue weighted by molar-refractivity contribution is 5.96. The molecule has 0 aliphatic rings. The van der Waals surface area contributed by atoms with Crippen LogP contribution in [0, 0.1) is 39.4 Å². The van der Waals surface area contributed by atoms with Crippen LogP contribution in [0.3, 0.4) is 0 Å². The third-order valence-electron chi connectivity index (χ3n) is 22.7. The molecule has 5 aromatic rings. The zero-order chi connectivity index (χ0) is 104. The van der Waals surface area contributed by atoms with Gasteiger partial charge in [-0.1, -0.05) is 215 Å².